The van der Waals surface area contributed by atoms with Gasteiger partial charge in [-0.3, -0.25) is 4.21 Å². The Kier molecular flexibility index (Phi) is 3.58. The fourth-order valence-corrected chi connectivity index (χ4v) is 3.53. The fourth-order valence-electron chi connectivity index (χ4n) is 2.14. The van der Waals surface area contributed by atoms with E-state index >= 15 is 0 Å². The van der Waals surface area contributed by atoms with Crippen molar-refractivity contribution in [1.82, 2.24) is 5.32 Å². The second kappa shape index (κ2) is 4.82. The second-order valence-corrected chi connectivity index (χ2v) is 6.03. The van der Waals surface area contributed by atoms with E-state index in [4.69, 9.17) is 0 Å². The highest BCUT2D eigenvalue weighted by Gasteiger charge is 2.28. The van der Waals surface area contributed by atoms with E-state index < -0.39 is 22.4 Å². The summed E-state index contributed by atoms with van der Waals surface area (Å²) in [6.07, 6.45) is 0.640. The van der Waals surface area contributed by atoms with Gasteiger partial charge in [-0.2, -0.15) is 0 Å². The first-order valence-corrected chi connectivity index (χ1v) is 6.94. The van der Waals surface area contributed by atoms with Gasteiger partial charge in [0.05, 0.1) is 15.7 Å². The van der Waals surface area contributed by atoms with Crippen LogP contribution in [0.5, 0.6) is 0 Å². The van der Waals surface area contributed by atoms with Crippen LogP contribution < -0.4 is 5.32 Å². The molecule has 0 amide bonds. The molecule has 0 spiro atoms. The molecule has 94 valence electrons. The Morgan fingerprint density at radius 3 is 2.76 bits per heavy atom. The van der Waals surface area contributed by atoms with E-state index in [-0.39, 0.29) is 17.0 Å². The minimum atomic E-state index is -1.35. The number of nitrogens with one attached hydrogen (secondary N) is 1. The molecule has 1 aromatic carbocycles. The summed E-state index contributed by atoms with van der Waals surface area (Å²) in [6, 6.07) is 2.18. The predicted octanol–water partition coefficient (Wildman–Crippen LogP) is 2.52. The molecule has 0 bridgehead atoms. The summed E-state index contributed by atoms with van der Waals surface area (Å²) >= 11 is 0. The number of hydrogen-bond acceptors (Lipinski definition) is 2. The zero-order chi connectivity index (χ0) is 12.6. The van der Waals surface area contributed by atoms with Crippen LogP contribution in [0.3, 0.4) is 0 Å². The molecule has 0 aromatic heterocycles. The van der Waals surface area contributed by atoms with Crippen LogP contribution in [-0.2, 0) is 10.8 Å². The topological polar surface area (TPSA) is 29.1 Å². The van der Waals surface area contributed by atoms with E-state index in [2.05, 4.69) is 5.32 Å². The molecule has 1 aliphatic heterocycles. The average molecular weight is 259 g/mol. The summed E-state index contributed by atoms with van der Waals surface area (Å²) in [5, 5.41) is 3.25. The van der Waals surface area contributed by atoms with E-state index in [9.17, 15) is 13.0 Å². The van der Waals surface area contributed by atoms with Crippen LogP contribution in [0, 0.1) is 11.6 Å². The van der Waals surface area contributed by atoms with Gasteiger partial charge in [0.15, 0.2) is 0 Å². The second-order valence-electron chi connectivity index (χ2n) is 4.52. The maximum absolute atomic E-state index is 13.6. The van der Waals surface area contributed by atoms with Gasteiger partial charge < -0.3 is 5.32 Å². The molecule has 0 fully saturated rings. The first kappa shape index (κ1) is 12.6. The molecule has 0 aliphatic carbocycles. The highest BCUT2D eigenvalue weighted by Crippen LogP contribution is 2.32. The van der Waals surface area contributed by atoms with Gasteiger partial charge in [0.1, 0.15) is 11.6 Å². The summed E-state index contributed by atoms with van der Waals surface area (Å²) in [5.74, 6) is -0.899. The van der Waals surface area contributed by atoms with Crippen molar-refractivity contribution in [3.63, 3.8) is 0 Å². The number of fused-ring (bicyclic) bond motifs is 1. The summed E-state index contributed by atoms with van der Waals surface area (Å²) in [4.78, 5) is 0.163. The van der Waals surface area contributed by atoms with Gasteiger partial charge in [0.2, 0.25) is 0 Å². The highest BCUT2D eigenvalue weighted by atomic mass is 32.2. The van der Waals surface area contributed by atoms with E-state index in [1.165, 1.54) is 6.07 Å². The predicted molar refractivity (Wildman–Crippen MR) is 63.3 cm³/mol. The van der Waals surface area contributed by atoms with E-state index in [0.29, 0.717) is 17.7 Å². The third-order valence-corrected chi connectivity index (χ3v) is 4.26. The summed E-state index contributed by atoms with van der Waals surface area (Å²) < 4.78 is 38.6. The lowest BCUT2D eigenvalue weighted by atomic mass is 10.0. The molecule has 0 radical (unpaired) electrons. The maximum atomic E-state index is 13.6. The Morgan fingerprint density at radius 2 is 2.12 bits per heavy atom. The highest BCUT2D eigenvalue weighted by molar-refractivity contribution is 7.85. The molecular weight excluding hydrogens is 244 g/mol. The average Bonchev–Trinajstić information content (AvgIpc) is 2.20. The van der Waals surface area contributed by atoms with Gasteiger partial charge >= 0.3 is 0 Å². The SMILES string of the molecule is CC(C)NC1CCS(=O)c2c(F)cc(F)cc21. The van der Waals surface area contributed by atoms with Crippen molar-refractivity contribution in [2.24, 2.45) is 0 Å². The van der Waals surface area contributed by atoms with Crippen LogP contribution in [-0.4, -0.2) is 16.0 Å². The van der Waals surface area contributed by atoms with Crippen molar-refractivity contribution in [3.8, 4) is 0 Å². The van der Waals surface area contributed by atoms with Crippen LogP contribution in [0.15, 0.2) is 17.0 Å². The Labute approximate surface area is 102 Å². The molecular formula is C12H15F2NOS. The number of hydrogen-bond donors (Lipinski definition) is 1. The maximum Gasteiger partial charge on any atom is 0.142 e. The molecule has 17 heavy (non-hydrogen) atoms. The van der Waals surface area contributed by atoms with Crippen molar-refractivity contribution in [2.45, 2.75) is 37.2 Å². The summed E-state index contributed by atoms with van der Waals surface area (Å²) in [5.41, 5.74) is 0.501. The van der Waals surface area contributed by atoms with Crippen LogP contribution in [0.25, 0.3) is 0 Å². The molecule has 1 heterocycles. The van der Waals surface area contributed by atoms with E-state index in [1.54, 1.807) is 0 Å². The molecule has 1 N–H and O–H groups in total. The summed E-state index contributed by atoms with van der Waals surface area (Å²) in [7, 11) is -1.35. The van der Waals surface area contributed by atoms with Gasteiger partial charge in [0.25, 0.3) is 0 Å². The van der Waals surface area contributed by atoms with Crippen molar-refractivity contribution in [1.29, 1.82) is 0 Å². The number of halogens is 2. The molecule has 2 unspecified atom stereocenters. The lowest BCUT2D eigenvalue weighted by Crippen LogP contribution is -2.33. The van der Waals surface area contributed by atoms with Crippen LogP contribution in [0.2, 0.25) is 0 Å². The number of benzene rings is 1. The van der Waals surface area contributed by atoms with E-state index in [1.807, 2.05) is 13.8 Å². The largest absolute Gasteiger partial charge is 0.308 e. The van der Waals surface area contributed by atoms with E-state index in [0.717, 1.165) is 6.07 Å². The fraction of sp³-hybridized carbons (Fsp3) is 0.500. The molecule has 0 saturated carbocycles. The van der Waals surface area contributed by atoms with Crippen molar-refractivity contribution < 1.29 is 13.0 Å². The molecule has 5 heteroatoms. The first-order valence-electron chi connectivity index (χ1n) is 5.62. The molecule has 2 rings (SSSR count). The quantitative estimate of drug-likeness (QED) is 0.884. The minimum absolute atomic E-state index is 0.118. The van der Waals surface area contributed by atoms with Gasteiger partial charge in [-0.15, -0.1) is 0 Å². The van der Waals surface area contributed by atoms with Gasteiger partial charge in [-0.1, -0.05) is 13.8 Å². The molecule has 1 aliphatic rings. The molecule has 2 nitrogen and oxygen atoms in total. The molecule has 0 saturated heterocycles. The smallest absolute Gasteiger partial charge is 0.142 e. The standard InChI is InChI=1S/C12H15F2NOS/c1-7(2)15-11-3-4-17(16)12-9(11)5-8(13)6-10(12)14/h5-7,11,15H,3-4H2,1-2H3. The van der Waals surface area contributed by atoms with Crippen LogP contribution in [0.1, 0.15) is 31.9 Å². The molecule has 2 atom stereocenters. The van der Waals surface area contributed by atoms with Gasteiger partial charge in [-0.05, 0) is 18.1 Å². The normalized spacial score (nSPS) is 23.8. The minimum Gasteiger partial charge on any atom is -0.308 e. The van der Waals surface area contributed by atoms with Crippen molar-refractivity contribution in [2.75, 3.05) is 5.75 Å². The summed E-state index contributed by atoms with van der Waals surface area (Å²) in [6.45, 7) is 3.95. The third kappa shape index (κ3) is 2.55. The van der Waals surface area contributed by atoms with Crippen molar-refractivity contribution in [3.05, 3.63) is 29.3 Å². The van der Waals surface area contributed by atoms with Gasteiger partial charge in [0, 0.05) is 23.9 Å². The Balaban J connectivity index is 2.47. The Bertz CT molecular complexity index is 462. The third-order valence-electron chi connectivity index (χ3n) is 2.77. The lowest BCUT2D eigenvalue weighted by Gasteiger charge is -2.28. The van der Waals surface area contributed by atoms with Crippen LogP contribution >= 0.6 is 0 Å². The van der Waals surface area contributed by atoms with Crippen LogP contribution in [0.4, 0.5) is 8.78 Å². The van der Waals surface area contributed by atoms with Gasteiger partial charge in [-0.25, -0.2) is 8.78 Å². The van der Waals surface area contributed by atoms with Crippen molar-refractivity contribution >= 4 is 10.8 Å². The first-order chi connectivity index (χ1) is 7.99. The monoisotopic (exact) mass is 259 g/mol. The Morgan fingerprint density at radius 1 is 1.41 bits per heavy atom. The molecule has 1 aromatic rings. The Hall–Kier alpha value is -0.810. The number of rotatable bonds is 2. The lowest BCUT2D eigenvalue weighted by molar-refractivity contribution is 0.443. The zero-order valence-corrected chi connectivity index (χ0v) is 10.6. The zero-order valence-electron chi connectivity index (χ0n) is 9.80.